The molecular weight excluding hydrogens is 348 g/mol. The normalized spacial score (nSPS) is 19.9. The van der Waals surface area contributed by atoms with Crippen LogP contribution in [0.25, 0.3) is 0 Å². The molecule has 0 aromatic heterocycles. The van der Waals surface area contributed by atoms with Crippen LogP contribution in [0, 0.1) is 0 Å². The molecule has 0 heterocycles. The Kier molecular flexibility index (Phi) is 4.35. The summed E-state index contributed by atoms with van der Waals surface area (Å²) in [6, 6.07) is 3.89. The van der Waals surface area contributed by atoms with Crippen molar-refractivity contribution >= 4 is 21.9 Å². The van der Waals surface area contributed by atoms with E-state index in [-0.39, 0.29) is 17.9 Å². The van der Waals surface area contributed by atoms with Gasteiger partial charge in [-0.05, 0) is 56.2 Å². The Morgan fingerprint density at radius 3 is 2.55 bits per heavy atom. The zero-order valence-corrected chi connectivity index (χ0v) is 14.3. The van der Waals surface area contributed by atoms with E-state index in [4.69, 9.17) is 14.6 Å². The van der Waals surface area contributed by atoms with Crippen LogP contribution >= 0.6 is 15.9 Å². The third-order valence-corrected chi connectivity index (χ3v) is 5.42. The van der Waals surface area contributed by atoms with Crippen molar-refractivity contribution in [1.82, 2.24) is 0 Å². The first-order valence-corrected chi connectivity index (χ1v) is 8.60. The lowest BCUT2D eigenvalue weighted by molar-refractivity contribution is -0.137. The van der Waals surface area contributed by atoms with Gasteiger partial charge in [0.1, 0.15) is 0 Å². The van der Waals surface area contributed by atoms with E-state index in [1.807, 2.05) is 12.1 Å². The van der Waals surface area contributed by atoms with E-state index in [1.165, 1.54) is 12.8 Å². The molecule has 2 aliphatic rings. The Labute approximate surface area is 138 Å². The monoisotopic (exact) mass is 368 g/mol. The molecule has 0 aliphatic heterocycles. The molecule has 0 bridgehead atoms. The average molecular weight is 369 g/mol. The highest BCUT2D eigenvalue weighted by Gasteiger charge is 2.47. The molecule has 120 valence electrons. The van der Waals surface area contributed by atoms with Gasteiger partial charge in [-0.15, -0.1) is 0 Å². The molecule has 1 aromatic carbocycles. The van der Waals surface area contributed by atoms with Crippen LogP contribution in [0.15, 0.2) is 16.6 Å². The lowest BCUT2D eigenvalue weighted by atomic mass is 9.92. The van der Waals surface area contributed by atoms with E-state index in [0.29, 0.717) is 5.75 Å². The summed E-state index contributed by atoms with van der Waals surface area (Å²) in [5, 5.41) is 9.14. The fourth-order valence-corrected chi connectivity index (χ4v) is 4.10. The maximum atomic E-state index is 11.1. The van der Waals surface area contributed by atoms with E-state index < -0.39 is 5.97 Å². The van der Waals surface area contributed by atoms with Gasteiger partial charge in [-0.2, -0.15) is 0 Å². The fraction of sp³-hybridized carbons (Fsp3) is 0.588. The van der Waals surface area contributed by atoms with Crippen LogP contribution in [0.4, 0.5) is 0 Å². The summed E-state index contributed by atoms with van der Waals surface area (Å²) in [4.78, 5) is 11.1. The van der Waals surface area contributed by atoms with Crippen molar-refractivity contribution in [2.75, 3.05) is 7.11 Å². The van der Waals surface area contributed by atoms with Crippen LogP contribution in [0.5, 0.6) is 11.5 Å². The van der Waals surface area contributed by atoms with Gasteiger partial charge in [0.25, 0.3) is 0 Å². The number of carboxylic acids is 1. The lowest BCUT2D eigenvalue weighted by Crippen LogP contribution is -2.15. The molecule has 0 spiro atoms. The fourth-order valence-electron chi connectivity index (χ4n) is 3.36. The minimum absolute atomic E-state index is 0.164. The molecule has 0 saturated heterocycles. The third kappa shape index (κ3) is 3.09. The Hall–Kier alpha value is -1.23. The van der Waals surface area contributed by atoms with Crippen molar-refractivity contribution in [3.05, 3.63) is 22.2 Å². The number of aliphatic carboxylic acids is 1. The van der Waals surface area contributed by atoms with Crippen LogP contribution in [-0.4, -0.2) is 24.3 Å². The number of rotatable bonds is 6. The number of halogens is 1. The zero-order chi connectivity index (χ0) is 15.7. The molecule has 0 radical (unpaired) electrons. The molecule has 2 aliphatic carbocycles. The van der Waals surface area contributed by atoms with Gasteiger partial charge in [-0.25, -0.2) is 0 Å². The predicted molar refractivity (Wildman–Crippen MR) is 86.7 cm³/mol. The standard InChI is InChI=1S/C17H21BrO4/c1-21-14-8-12(17(6-7-17)10-16(19)20)13(18)9-15(14)22-11-4-2-3-5-11/h8-9,11H,2-7,10H2,1H3,(H,19,20). The summed E-state index contributed by atoms with van der Waals surface area (Å²) in [7, 11) is 1.63. The Morgan fingerprint density at radius 2 is 2.00 bits per heavy atom. The first kappa shape index (κ1) is 15.7. The van der Waals surface area contributed by atoms with E-state index in [1.54, 1.807) is 7.11 Å². The van der Waals surface area contributed by atoms with Crippen LogP contribution in [0.2, 0.25) is 0 Å². The molecule has 1 aromatic rings. The third-order valence-electron chi connectivity index (χ3n) is 4.76. The topological polar surface area (TPSA) is 55.8 Å². The number of carbonyl (C=O) groups is 1. The average Bonchev–Trinajstić information content (AvgIpc) is 3.04. The molecule has 5 heteroatoms. The molecule has 0 unspecified atom stereocenters. The summed E-state index contributed by atoms with van der Waals surface area (Å²) in [6.45, 7) is 0. The number of benzene rings is 1. The van der Waals surface area contributed by atoms with Gasteiger partial charge in [0.05, 0.1) is 19.6 Å². The summed E-state index contributed by atoms with van der Waals surface area (Å²) >= 11 is 3.60. The highest BCUT2D eigenvalue weighted by Crippen LogP contribution is 2.55. The van der Waals surface area contributed by atoms with Gasteiger partial charge < -0.3 is 14.6 Å². The molecule has 1 N–H and O–H groups in total. The molecule has 4 nitrogen and oxygen atoms in total. The summed E-state index contributed by atoms with van der Waals surface area (Å²) in [5.74, 6) is 0.688. The minimum atomic E-state index is -0.755. The summed E-state index contributed by atoms with van der Waals surface area (Å²) in [6.07, 6.45) is 6.85. The Bertz CT molecular complexity index is 574. The maximum Gasteiger partial charge on any atom is 0.304 e. The molecule has 3 rings (SSSR count). The summed E-state index contributed by atoms with van der Waals surface area (Å²) < 4.78 is 12.5. The molecule has 2 fully saturated rings. The summed E-state index contributed by atoms with van der Waals surface area (Å²) in [5.41, 5.74) is 0.773. The number of methoxy groups -OCH3 is 1. The van der Waals surface area contributed by atoms with Gasteiger partial charge in [0, 0.05) is 9.89 Å². The van der Waals surface area contributed by atoms with Crippen LogP contribution < -0.4 is 9.47 Å². The van der Waals surface area contributed by atoms with Gasteiger partial charge in [-0.1, -0.05) is 15.9 Å². The second kappa shape index (κ2) is 6.11. The Balaban J connectivity index is 1.88. The molecule has 22 heavy (non-hydrogen) atoms. The second-order valence-electron chi connectivity index (χ2n) is 6.36. The molecular formula is C17H21BrO4. The zero-order valence-electron chi connectivity index (χ0n) is 12.7. The number of hydrogen-bond donors (Lipinski definition) is 1. The lowest BCUT2D eigenvalue weighted by Gasteiger charge is -2.21. The van der Waals surface area contributed by atoms with Gasteiger partial charge in [-0.3, -0.25) is 4.79 Å². The SMILES string of the molecule is COc1cc(C2(CC(=O)O)CC2)c(Br)cc1OC1CCCC1. The number of ether oxygens (including phenoxy) is 2. The van der Waals surface area contributed by atoms with Gasteiger partial charge in [0.2, 0.25) is 0 Å². The van der Waals surface area contributed by atoms with Crippen molar-refractivity contribution < 1.29 is 19.4 Å². The van der Waals surface area contributed by atoms with Crippen molar-refractivity contribution in [2.45, 2.75) is 56.5 Å². The molecule has 0 amide bonds. The number of hydrogen-bond acceptors (Lipinski definition) is 3. The van der Waals surface area contributed by atoms with Crippen molar-refractivity contribution in [3.63, 3.8) is 0 Å². The minimum Gasteiger partial charge on any atom is -0.493 e. The second-order valence-corrected chi connectivity index (χ2v) is 7.21. The first-order chi connectivity index (χ1) is 10.5. The highest BCUT2D eigenvalue weighted by molar-refractivity contribution is 9.10. The van der Waals surface area contributed by atoms with E-state index >= 15 is 0 Å². The van der Waals surface area contributed by atoms with Crippen molar-refractivity contribution in [3.8, 4) is 11.5 Å². The van der Waals surface area contributed by atoms with Gasteiger partial charge >= 0.3 is 5.97 Å². The van der Waals surface area contributed by atoms with Crippen molar-refractivity contribution in [1.29, 1.82) is 0 Å². The molecule has 2 saturated carbocycles. The number of carboxylic acid groups (broad SMARTS) is 1. The van der Waals surface area contributed by atoms with Crippen LogP contribution in [-0.2, 0) is 10.2 Å². The quantitative estimate of drug-likeness (QED) is 0.813. The van der Waals surface area contributed by atoms with Gasteiger partial charge in [0.15, 0.2) is 11.5 Å². The predicted octanol–water partition coefficient (Wildman–Crippen LogP) is 4.29. The smallest absolute Gasteiger partial charge is 0.304 e. The van der Waals surface area contributed by atoms with Crippen LogP contribution in [0.1, 0.15) is 50.5 Å². The van der Waals surface area contributed by atoms with E-state index in [9.17, 15) is 4.79 Å². The van der Waals surface area contributed by atoms with E-state index in [2.05, 4.69) is 15.9 Å². The maximum absolute atomic E-state index is 11.1. The van der Waals surface area contributed by atoms with E-state index in [0.717, 1.165) is 41.5 Å². The first-order valence-electron chi connectivity index (χ1n) is 7.80. The molecule has 0 atom stereocenters. The van der Waals surface area contributed by atoms with Crippen LogP contribution in [0.3, 0.4) is 0 Å². The largest absolute Gasteiger partial charge is 0.493 e. The van der Waals surface area contributed by atoms with Crippen molar-refractivity contribution in [2.24, 2.45) is 0 Å². The Morgan fingerprint density at radius 1 is 1.32 bits per heavy atom. The highest BCUT2D eigenvalue weighted by atomic mass is 79.9.